The van der Waals surface area contributed by atoms with Gasteiger partial charge in [0.25, 0.3) is 0 Å². The normalized spacial score (nSPS) is 19.4. The van der Waals surface area contributed by atoms with Crippen molar-refractivity contribution in [3.8, 4) is 11.5 Å². The molecule has 1 aliphatic heterocycles. The maximum absolute atomic E-state index is 10.2. The predicted molar refractivity (Wildman–Crippen MR) is 77.3 cm³/mol. The van der Waals surface area contributed by atoms with Crippen molar-refractivity contribution in [1.29, 1.82) is 0 Å². The molecule has 3 heteroatoms. The zero-order valence-corrected chi connectivity index (χ0v) is 11.4. The lowest BCUT2D eigenvalue weighted by Gasteiger charge is -2.35. The Bertz CT molecular complexity index is 721. The van der Waals surface area contributed by atoms with Crippen LogP contribution in [0.15, 0.2) is 24.3 Å². The van der Waals surface area contributed by atoms with Gasteiger partial charge in [-0.2, -0.15) is 0 Å². The summed E-state index contributed by atoms with van der Waals surface area (Å²) < 4.78 is 0. The van der Waals surface area contributed by atoms with Crippen LogP contribution in [0.25, 0.3) is 0 Å². The van der Waals surface area contributed by atoms with Gasteiger partial charge in [-0.3, -0.25) is 0 Å². The largest absolute Gasteiger partial charge is 0.504 e. The van der Waals surface area contributed by atoms with Crippen molar-refractivity contribution in [3.05, 3.63) is 57.6 Å². The fraction of sp³-hybridized carbons (Fsp3) is 0.294. The molecular formula is C17H17NO2. The molecular weight excluding hydrogens is 250 g/mol. The van der Waals surface area contributed by atoms with Crippen molar-refractivity contribution in [2.75, 3.05) is 6.54 Å². The van der Waals surface area contributed by atoms with Crippen molar-refractivity contribution >= 4 is 0 Å². The van der Waals surface area contributed by atoms with Gasteiger partial charge in [0.2, 0.25) is 0 Å². The summed E-state index contributed by atoms with van der Waals surface area (Å²) in [5, 5.41) is 23.4. The van der Waals surface area contributed by atoms with Gasteiger partial charge < -0.3 is 15.5 Å². The Kier molecular flexibility index (Phi) is 2.36. The first kappa shape index (κ1) is 11.8. The maximum Gasteiger partial charge on any atom is 0.161 e. The molecule has 0 aromatic heterocycles. The number of rotatable bonds is 0. The lowest BCUT2D eigenvalue weighted by Crippen LogP contribution is -2.32. The summed E-state index contributed by atoms with van der Waals surface area (Å²) in [7, 11) is 0. The van der Waals surface area contributed by atoms with Crippen molar-refractivity contribution in [1.82, 2.24) is 5.32 Å². The van der Waals surface area contributed by atoms with Crippen LogP contribution in [0, 0.1) is 6.92 Å². The van der Waals surface area contributed by atoms with Crippen LogP contribution < -0.4 is 5.32 Å². The fourth-order valence-corrected chi connectivity index (χ4v) is 3.69. The molecule has 1 aliphatic carbocycles. The first-order chi connectivity index (χ1) is 9.66. The molecule has 102 valence electrons. The van der Waals surface area contributed by atoms with Gasteiger partial charge in [-0.05, 0) is 40.8 Å². The number of nitrogens with one attached hydrogen (secondary N) is 1. The summed E-state index contributed by atoms with van der Waals surface area (Å²) >= 11 is 0. The molecule has 1 unspecified atom stereocenters. The monoisotopic (exact) mass is 267 g/mol. The van der Waals surface area contributed by atoms with Crippen molar-refractivity contribution in [2.45, 2.75) is 25.8 Å². The molecule has 0 fully saturated rings. The Hall–Kier alpha value is -2.00. The third kappa shape index (κ3) is 1.44. The second kappa shape index (κ2) is 4.00. The minimum atomic E-state index is -0.0234. The molecule has 0 saturated heterocycles. The van der Waals surface area contributed by atoms with Crippen LogP contribution in [0.2, 0.25) is 0 Å². The summed E-state index contributed by atoms with van der Waals surface area (Å²) in [4.78, 5) is 0. The van der Waals surface area contributed by atoms with Crippen LogP contribution in [0.3, 0.4) is 0 Å². The molecule has 0 amide bonds. The molecule has 2 aliphatic rings. The minimum Gasteiger partial charge on any atom is -0.504 e. The first-order valence-corrected chi connectivity index (χ1v) is 7.02. The van der Waals surface area contributed by atoms with E-state index in [1.54, 1.807) is 6.07 Å². The summed E-state index contributed by atoms with van der Waals surface area (Å²) in [5.41, 5.74) is 7.41. The number of aryl methyl sites for hydroxylation is 1. The number of hydrogen-bond donors (Lipinski definition) is 3. The topological polar surface area (TPSA) is 52.5 Å². The molecule has 4 rings (SSSR count). The Morgan fingerprint density at radius 3 is 2.80 bits per heavy atom. The van der Waals surface area contributed by atoms with Crippen molar-refractivity contribution in [3.63, 3.8) is 0 Å². The van der Waals surface area contributed by atoms with E-state index < -0.39 is 0 Å². The highest BCUT2D eigenvalue weighted by molar-refractivity contribution is 5.61. The molecule has 1 atom stereocenters. The number of phenols is 2. The van der Waals surface area contributed by atoms with Gasteiger partial charge in [0.1, 0.15) is 0 Å². The van der Waals surface area contributed by atoms with Gasteiger partial charge in [-0.25, -0.2) is 0 Å². The zero-order chi connectivity index (χ0) is 13.9. The van der Waals surface area contributed by atoms with Gasteiger partial charge in [0.05, 0.1) is 0 Å². The van der Waals surface area contributed by atoms with Crippen molar-refractivity contribution in [2.24, 2.45) is 0 Å². The van der Waals surface area contributed by atoms with Gasteiger partial charge in [0.15, 0.2) is 11.5 Å². The highest BCUT2D eigenvalue weighted by Crippen LogP contribution is 2.46. The molecule has 3 N–H and O–H groups in total. The molecule has 20 heavy (non-hydrogen) atoms. The molecule has 0 radical (unpaired) electrons. The minimum absolute atomic E-state index is 0.0234. The second-order valence-electron chi connectivity index (χ2n) is 5.80. The van der Waals surface area contributed by atoms with Crippen LogP contribution in [0.1, 0.15) is 39.3 Å². The summed E-state index contributed by atoms with van der Waals surface area (Å²) in [5.74, 6) is 0.303. The van der Waals surface area contributed by atoms with E-state index in [9.17, 15) is 10.2 Å². The highest BCUT2D eigenvalue weighted by atomic mass is 16.3. The van der Waals surface area contributed by atoms with E-state index in [0.717, 1.165) is 24.2 Å². The Morgan fingerprint density at radius 2 is 1.95 bits per heavy atom. The average Bonchev–Trinajstić information content (AvgIpc) is 2.47. The standard InChI is InChI=1S/C17H17NO2/c1-9-2-3-10-7-18-8-14-11-4-5-15(19)17(20)13(11)6-12(9)16(10)14/h2-5,14,18-20H,6-8H2,1H3. The Labute approximate surface area is 117 Å². The highest BCUT2D eigenvalue weighted by Gasteiger charge is 2.32. The van der Waals surface area contributed by atoms with E-state index in [0.29, 0.717) is 6.42 Å². The van der Waals surface area contributed by atoms with Crippen LogP contribution in [-0.4, -0.2) is 16.8 Å². The number of aromatic hydroxyl groups is 2. The van der Waals surface area contributed by atoms with Gasteiger partial charge in [0, 0.05) is 31.0 Å². The number of fused-ring (bicyclic) bond motifs is 2. The molecule has 1 heterocycles. The molecule has 0 saturated carbocycles. The predicted octanol–water partition coefficient (Wildman–Crippen LogP) is 2.55. The molecule has 0 bridgehead atoms. The van der Waals surface area contributed by atoms with Crippen LogP contribution in [0.5, 0.6) is 11.5 Å². The van der Waals surface area contributed by atoms with E-state index in [1.165, 1.54) is 22.3 Å². The number of benzene rings is 2. The lowest BCUT2D eigenvalue weighted by atomic mass is 9.73. The molecule has 0 spiro atoms. The maximum atomic E-state index is 10.2. The molecule has 3 nitrogen and oxygen atoms in total. The van der Waals surface area contributed by atoms with Gasteiger partial charge in [-0.15, -0.1) is 0 Å². The average molecular weight is 267 g/mol. The fourth-order valence-electron chi connectivity index (χ4n) is 3.69. The van der Waals surface area contributed by atoms with Crippen LogP contribution >= 0.6 is 0 Å². The lowest BCUT2D eigenvalue weighted by molar-refractivity contribution is 0.397. The summed E-state index contributed by atoms with van der Waals surface area (Å²) in [6.45, 7) is 3.93. The number of hydrogen-bond acceptors (Lipinski definition) is 3. The number of phenolic OH excluding ortho intramolecular Hbond substituents is 2. The Morgan fingerprint density at radius 1 is 1.10 bits per heavy atom. The smallest absolute Gasteiger partial charge is 0.161 e. The third-order valence-electron chi connectivity index (χ3n) is 4.72. The van der Waals surface area contributed by atoms with E-state index in [4.69, 9.17) is 0 Å². The van der Waals surface area contributed by atoms with Crippen LogP contribution in [0.4, 0.5) is 0 Å². The zero-order valence-electron chi connectivity index (χ0n) is 11.4. The van der Waals surface area contributed by atoms with E-state index in [1.807, 2.05) is 6.07 Å². The molecule has 2 aromatic rings. The third-order valence-corrected chi connectivity index (χ3v) is 4.72. The first-order valence-electron chi connectivity index (χ1n) is 7.02. The van der Waals surface area contributed by atoms with E-state index in [2.05, 4.69) is 24.4 Å². The van der Waals surface area contributed by atoms with Crippen LogP contribution in [-0.2, 0) is 13.0 Å². The van der Waals surface area contributed by atoms with Crippen molar-refractivity contribution < 1.29 is 10.2 Å². The SMILES string of the molecule is Cc1ccc2c3c1Cc1c(ccc(O)c1O)C3CNC2. The second-order valence-corrected chi connectivity index (χ2v) is 5.80. The van der Waals surface area contributed by atoms with E-state index >= 15 is 0 Å². The quantitative estimate of drug-likeness (QED) is 0.643. The summed E-state index contributed by atoms with van der Waals surface area (Å²) in [6, 6.07) is 7.92. The Balaban J connectivity index is 2.02. The van der Waals surface area contributed by atoms with E-state index in [-0.39, 0.29) is 17.4 Å². The molecule has 2 aromatic carbocycles. The van der Waals surface area contributed by atoms with Gasteiger partial charge in [-0.1, -0.05) is 18.2 Å². The summed E-state index contributed by atoms with van der Waals surface area (Å²) in [6.07, 6.45) is 0.709. The van der Waals surface area contributed by atoms with Gasteiger partial charge >= 0.3 is 0 Å².